The van der Waals surface area contributed by atoms with Crippen LogP contribution in [0.15, 0.2) is 128 Å². The molecule has 40 heavy (non-hydrogen) atoms. The number of fused-ring (bicyclic) bond motifs is 1. The quantitative estimate of drug-likeness (QED) is 0.283. The van der Waals surface area contributed by atoms with Crippen molar-refractivity contribution in [3.63, 3.8) is 0 Å². The highest BCUT2D eigenvalue weighted by atomic mass is 15.3. The maximum absolute atomic E-state index is 5.05. The third kappa shape index (κ3) is 4.14. The molecule has 1 fully saturated rings. The van der Waals surface area contributed by atoms with Gasteiger partial charge in [0.2, 0.25) is 0 Å². The molecule has 0 radical (unpaired) electrons. The van der Waals surface area contributed by atoms with Gasteiger partial charge >= 0.3 is 0 Å². The number of rotatable bonds is 6. The molecular weight excluding hydrogens is 492 g/mol. The van der Waals surface area contributed by atoms with Crippen LogP contribution in [0.4, 0.5) is 5.82 Å². The van der Waals surface area contributed by atoms with Crippen molar-refractivity contribution in [3.05, 3.63) is 145 Å². The van der Waals surface area contributed by atoms with Gasteiger partial charge in [0, 0.05) is 43.3 Å². The van der Waals surface area contributed by atoms with Gasteiger partial charge in [-0.1, -0.05) is 97.1 Å². The summed E-state index contributed by atoms with van der Waals surface area (Å²) in [6.07, 6.45) is 5.81. The highest BCUT2D eigenvalue weighted by Gasteiger charge is 2.39. The Morgan fingerprint density at radius 1 is 0.650 bits per heavy atom. The van der Waals surface area contributed by atoms with Crippen LogP contribution in [0, 0.1) is 0 Å². The number of piperazine rings is 1. The molecule has 0 atom stereocenters. The lowest BCUT2D eigenvalue weighted by Gasteiger charge is -2.36. The van der Waals surface area contributed by atoms with E-state index in [4.69, 9.17) is 10.1 Å². The lowest BCUT2D eigenvalue weighted by atomic mass is 9.77. The van der Waals surface area contributed by atoms with E-state index in [1.807, 2.05) is 6.20 Å². The molecule has 0 aliphatic carbocycles. The summed E-state index contributed by atoms with van der Waals surface area (Å²) in [7, 11) is 0. The first-order chi connectivity index (χ1) is 19.8. The summed E-state index contributed by atoms with van der Waals surface area (Å²) >= 11 is 0. The van der Waals surface area contributed by atoms with Crippen LogP contribution < -0.4 is 10.2 Å². The molecule has 0 amide bonds. The van der Waals surface area contributed by atoms with Gasteiger partial charge in [-0.3, -0.25) is 4.68 Å². The first kappa shape index (κ1) is 24.2. The fourth-order valence-corrected chi connectivity index (χ4v) is 5.94. The van der Waals surface area contributed by atoms with Gasteiger partial charge in [0.1, 0.15) is 17.7 Å². The highest BCUT2D eigenvalue weighted by Crippen LogP contribution is 2.41. The van der Waals surface area contributed by atoms with Crippen LogP contribution in [0.3, 0.4) is 0 Å². The third-order valence-electron chi connectivity index (χ3n) is 7.87. The molecule has 1 aliphatic rings. The van der Waals surface area contributed by atoms with Crippen LogP contribution in [0.5, 0.6) is 0 Å². The molecule has 2 aromatic heterocycles. The van der Waals surface area contributed by atoms with Crippen molar-refractivity contribution in [2.24, 2.45) is 0 Å². The first-order valence-electron chi connectivity index (χ1n) is 13.8. The van der Waals surface area contributed by atoms with Crippen LogP contribution in [0.1, 0.15) is 16.7 Å². The van der Waals surface area contributed by atoms with E-state index in [-0.39, 0.29) is 0 Å². The fraction of sp³-hybridized carbons (Fsp3) is 0.147. The summed E-state index contributed by atoms with van der Waals surface area (Å²) in [5.74, 6) is 0.993. The second kappa shape index (κ2) is 10.4. The van der Waals surface area contributed by atoms with Crippen LogP contribution in [0.2, 0.25) is 0 Å². The molecule has 1 aliphatic heterocycles. The monoisotopic (exact) mass is 522 g/mol. The second-order valence-corrected chi connectivity index (χ2v) is 10.1. The number of hydrogen-bond donors (Lipinski definition) is 1. The summed E-state index contributed by atoms with van der Waals surface area (Å²) in [6.45, 7) is 3.78. The van der Waals surface area contributed by atoms with Gasteiger partial charge in [0.15, 0.2) is 0 Å². The molecule has 1 N–H and O–H groups in total. The Hall–Kier alpha value is -4.81. The van der Waals surface area contributed by atoms with Crippen LogP contribution in [0.25, 0.3) is 22.0 Å². The first-order valence-corrected chi connectivity index (χ1v) is 13.8. The lowest BCUT2D eigenvalue weighted by molar-refractivity contribution is 0.460. The Morgan fingerprint density at radius 2 is 1.25 bits per heavy atom. The number of benzene rings is 4. The number of nitrogens with zero attached hydrogens (tertiary/aromatic N) is 5. The number of nitrogens with one attached hydrogen (secondary N) is 1. The minimum absolute atomic E-state index is 0.645. The SMILES string of the molecule is c1ccc(C(c2ccccc2)(c2ccccc2)n2cc(-c3ccc4ncnc(N5CCNCC5)c4c3)cn2)cc1. The third-order valence-corrected chi connectivity index (χ3v) is 7.87. The van der Waals surface area contributed by atoms with Gasteiger partial charge in [-0.2, -0.15) is 5.10 Å². The zero-order chi connectivity index (χ0) is 26.8. The Balaban J connectivity index is 1.41. The maximum Gasteiger partial charge on any atom is 0.139 e. The largest absolute Gasteiger partial charge is 0.353 e. The molecule has 6 aromatic rings. The molecule has 4 aromatic carbocycles. The Bertz CT molecular complexity index is 1630. The van der Waals surface area contributed by atoms with Crippen molar-refractivity contribution < 1.29 is 0 Å². The minimum atomic E-state index is -0.645. The molecule has 0 unspecified atom stereocenters. The molecule has 0 bridgehead atoms. The highest BCUT2D eigenvalue weighted by molar-refractivity contribution is 5.92. The standard InChI is InChI=1S/C34H30N6/c1-4-10-28(11-5-1)34(29-12-6-2-7-13-29,30-14-8-3-9-15-30)40-24-27(23-38-40)26-16-17-32-31(22-26)33(37-25-36-32)39-20-18-35-19-21-39/h1-17,22-25,35H,18-21H2. The average molecular weight is 523 g/mol. The van der Waals surface area contributed by atoms with Gasteiger partial charge in [0.25, 0.3) is 0 Å². The Labute approximate surface area is 234 Å². The summed E-state index contributed by atoms with van der Waals surface area (Å²) in [4.78, 5) is 11.6. The van der Waals surface area contributed by atoms with Crippen LogP contribution in [-0.4, -0.2) is 45.9 Å². The van der Waals surface area contributed by atoms with Crippen LogP contribution >= 0.6 is 0 Å². The van der Waals surface area contributed by atoms with Crippen molar-refractivity contribution >= 4 is 16.7 Å². The van der Waals surface area contributed by atoms with Gasteiger partial charge in [0.05, 0.1) is 11.7 Å². The normalized spacial score (nSPS) is 13.9. The number of aromatic nitrogens is 4. The lowest BCUT2D eigenvalue weighted by Crippen LogP contribution is -2.44. The van der Waals surface area contributed by atoms with Crippen molar-refractivity contribution in [1.29, 1.82) is 0 Å². The molecule has 1 saturated heterocycles. The predicted molar refractivity (Wildman–Crippen MR) is 160 cm³/mol. The van der Waals surface area contributed by atoms with Gasteiger partial charge in [-0.05, 0) is 34.4 Å². The van der Waals surface area contributed by atoms with E-state index in [1.165, 1.54) is 0 Å². The topological polar surface area (TPSA) is 58.9 Å². The van der Waals surface area contributed by atoms with E-state index >= 15 is 0 Å². The smallest absolute Gasteiger partial charge is 0.139 e. The summed E-state index contributed by atoms with van der Waals surface area (Å²) in [5.41, 5.74) is 5.89. The van der Waals surface area contributed by atoms with Crippen molar-refractivity contribution in [1.82, 2.24) is 25.1 Å². The molecule has 0 spiro atoms. The minimum Gasteiger partial charge on any atom is -0.353 e. The zero-order valence-electron chi connectivity index (χ0n) is 22.2. The summed E-state index contributed by atoms with van der Waals surface area (Å²) in [6, 6.07) is 38.3. The van der Waals surface area contributed by atoms with E-state index in [9.17, 15) is 0 Å². The molecular formula is C34H30N6. The molecule has 7 rings (SSSR count). The second-order valence-electron chi connectivity index (χ2n) is 10.1. The molecule has 3 heterocycles. The van der Waals surface area contributed by atoms with E-state index in [1.54, 1.807) is 6.33 Å². The maximum atomic E-state index is 5.05. The zero-order valence-corrected chi connectivity index (χ0v) is 22.2. The number of anilines is 1. The van der Waals surface area contributed by atoms with E-state index in [0.29, 0.717) is 0 Å². The number of hydrogen-bond acceptors (Lipinski definition) is 5. The molecule has 6 heteroatoms. The van der Waals surface area contributed by atoms with Crippen LogP contribution in [-0.2, 0) is 5.54 Å². The average Bonchev–Trinajstić information content (AvgIpc) is 3.53. The molecule has 0 saturated carbocycles. The predicted octanol–water partition coefficient (Wildman–Crippen LogP) is 5.74. The molecule has 6 nitrogen and oxygen atoms in total. The van der Waals surface area contributed by atoms with Crippen molar-refractivity contribution in [3.8, 4) is 11.1 Å². The van der Waals surface area contributed by atoms with E-state index < -0.39 is 5.54 Å². The fourth-order valence-electron chi connectivity index (χ4n) is 5.94. The molecule has 196 valence electrons. The summed E-state index contributed by atoms with van der Waals surface area (Å²) in [5, 5.41) is 9.55. The van der Waals surface area contributed by atoms with Gasteiger partial charge < -0.3 is 10.2 Å². The van der Waals surface area contributed by atoms with Crippen molar-refractivity contribution in [2.75, 3.05) is 31.1 Å². The van der Waals surface area contributed by atoms with Gasteiger partial charge in [-0.25, -0.2) is 9.97 Å². The Kier molecular flexibility index (Phi) is 6.30. The van der Waals surface area contributed by atoms with Crippen molar-refractivity contribution in [2.45, 2.75) is 5.54 Å². The van der Waals surface area contributed by atoms with E-state index in [0.717, 1.165) is 70.7 Å². The van der Waals surface area contributed by atoms with Gasteiger partial charge in [-0.15, -0.1) is 0 Å². The summed E-state index contributed by atoms with van der Waals surface area (Å²) < 4.78 is 2.12. The Morgan fingerprint density at radius 3 is 1.85 bits per heavy atom. The van der Waals surface area contributed by atoms with E-state index in [2.05, 4.69) is 135 Å².